The van der Waals surface area contributed by atoms with Crippen LogP contribution in [0.3, 0.4) is 0 Å². The van der Waals surface area contributed by atoms with E-state index in [1.54, 1.807) is 11.4 Å². The van der Waals surface area contributed by atoms with Gasteiger partial charge >= 0.3 is 0 Å². The molecule has 1 heterocycles. The fraction of sp³-hybridized carbons (Fsp3) is 0.214. The lowest BCUT2D eigenvalue weighted by Gasteiger charge is -2.08. The monoisotopic (exact) mass is 324 g/mol. The largest absolute Gasteiger partial charge is 0.325 e. The molecule has 2 rings (SSSR count). The van der Waals surface area contributed by atoms with Crippen LogP contribution in [0.25, 0.3) is 0 Å². The summed E-state index contributed by atoms with van der Waals surface area (Å²) in [6.07, 6.45) is 0. The molecule has 0 saturated carbocycles. The maximum absolute atomic E-state index is 11.9. The van der Waals surface area contributed by atoms with Crippen molar-refractivity contribution in [3.63, 3.8) is 0 Å². The highest BCUT2D eigenvalue weighted by Gasteiger charge is 2.16. The maximum atomic E-state index is 11.9. The van der Waals surface area contributed by atoms with Crippen LogP contribution in [-0.2, 0) is 14.8 Å². The van der Waals surface area contributed by atoms with Crippen LogP contribution in [0.4, 0.5) is 5.69 Å². The lowest BCUT2D eigenvalue weighted by Crippen LogP contribution is -2.32. The van der Waals surface area contributed by atoms with E-state index in [4.69, 9.17) is 0 Å². The predicted molar refractivity (Wildman–Crippen MR) is 84.1 cm³/mol. The summed E-state index contributed by atoms with van der Waals surface area (Å²) in [5.74, 6) is -0.403. The van der Waals surface area contributed by atoms with Gasteiger partial charge in [-0.25, -0.2) is 13.1 Å². The topological polar surface area (TPSA) is 75.3 Å². The summed E-state index contributed by atoms with van der Waals surface area (Å²) in [5.41, 5.74) is 2.72. The number of anilines is 1. The summed E-state index contributed by atoms with van der Waals surface area (Å²) < 4.78 is 26.2. The molecule has 0 bridgehead atoms. The molecule has 2 aromatic rings. The highest BCUT2D eigenvalue weighted by Crippen LogP contribution is 2.15. The van der Waals surface area contributed by atoms with Crippen molar-refractivity contribution in [2.24, 2.45) is 0 Å². The van der Waals surface area contributed by atoms with Crippen molar-refractivity contribution in [3.05, 3.63) is 46.8 Å². The van der Waals surface area contributed by atoms with E-state index in [-0.39, 0.29) is 10.8 Å². The predicted octanol–water partition coefficient (Wildman–Crippen LogP) is 2.28. The molecule has 1 aromatic carbocycles. The normalized spacial score (nSPS) is 11.3. The number of nitrogens with one attached hydrogen (secondary N) is 2. The minimum Gasteiger partial charge on any atom is -0.325 e. The van der Waals surface area contributed by atoms with Gasteiger partial charge in [0.1, 0.15) is 4.21 Å². The number of hydrogen-bond acceptors (Lipinski definition) is 4. The van der Waals surface area contributed by atoms with Crippen LogP contribution in [0.2, 0.25) is 0 Å². The Hall–Kier alpha value is -1.70. The Morgan fingerprint density at radius 2 is 1.86 bits per heavy atom. The van der Waals surface area contributed by atoms with Gasteiger partial charge in [-0.3, -0.25) is 4.79 Å². The smallest absolute Gasteiger partial charge is 0.250 e. The van der Waals surface area contributed by atoms with Gasteiger partial charge in [-0.2, -0.15) is 0 Å². The van der Waals surface area contributed by atoms with Crippen molar-refractivity contribution in [1.29, 1.82) is 0 Å². The van der Waals surface area contributed by atoms with Gasteiger partial charge in [0.2, 0.25) is 5.91 Å². The van der Waals surface area contributed by atoms with E-state index in [2.05, 4.69) is 10.0 Å². The van der Waals surface area contributed by atoms with Crippen molar-refractivity contribution in [3.8, 4) is 0 Å². The number of carbonyl (C=O) groups excluding carboxylic acids is 1. The molecule has 112 valence electrons. The number of aryl methyl sites for hydroxylation is 2. The zero-order chi connectivity index (χ0) is 15.5. The third-order valence-corrected chi connectivity index (χ3v) is 5.49. The minimum atomic E-state index is -3.61. The van der Waals surface area contributed by atoms with Gasteiger partial charge in [-0.05, 0) is 48.6 Å². The lowest BCUT2D eigenvalue weighted by molar-refractivity contribution is -0.115. The van der Waals surface area contributed by atoms with Crippen LogP contribution in [0, 0.1) is 13.8 Å². The van der Waals surface area contributed by atoms with E-state index >= 15 is 0 Å². The highest BCUT2D eigenvalue weighted by molar-refractivity contribution is 7.91. The summed E-state index contributed by atoms with van der Waals surface area (Å²) in [4.78, 5) is 11.8. The molecular weight excluding hydrogens is 308 g/mol. The number of benzene rings is 1. The summed E-state index contributed by atoms with van der Waals surface area (Å²) in [7, 11) is -3.61. The van der Waals surface area contributed by atoms with Crippen LogP contribution < -0.4 is 10.0 Å². The quantitative estimate of drug-likeness (QED) is 0.886. The van der Waals surface area contributed by atoms with E-state index in [0.717, 1.165) is 22.5 Å². The van der Waals surface area contributed by atoms with Crippen LogP contribution in [0.1, 0.15) is 11.1 Å². The third kappa shape index (κ3) is 4.38. The molecular formula is C14H16N2O3S2. The van der Waals surface area contributed by atoms with E-state index in [1.807, 2.05) is 32.0 Å². The van der Waals surface area contributed by atoms with E-state index < -0.39 is 15.9 Å². The molecule has 0 aliphatic rings. The molecule has 0 fully saturated rings. The molecule has 0 aliphatic carbocycles. The van der Waals surface area contributed by atoms with Gasteiger partial charge in [0, 0.05) is 5.69 Å². The van der Waals surface area contributed by atoms with Crippen LogP contribution >= 0.6 is 11.3 Å². The van der Waals surface area contributed by atoms with E-state index in [0.29, 0.717) is 5.69 Å². The number of sulfonamides is 1. The van der Waals surface area contributed by atoms with Crippen molar-refractivity contribution in [1.82, 2.24) is 4.72 Å². The number of carbonyl (C=O) groups is 1. The zero-order valence-corrected chi connectivity index (χ0v) is 13.3. The molecule has 0 aliphatic heterocycles. The van der Waals surface area contributed by atoms with Crippen LogP contribution in [0.5, 0.6) is 0 Å². The first-order valence-electron chi connectivity index (χ1n) is 6.28. The fourth-order valence-corrected chi connectivity index (χ4v) is 3.92. The summed E-state index contributed by atoms with van der Waals surface area (Å²) >= 11 is 1.11. The second kappa shape index (κ2) is 6.38. The average molecular weight is 324 g/mol. The summed E-state index contributed by atoms with van der Waals surface area (Å²) in [6, 6.07) is 8.80. The number of thiophene rings is 1. The van der Waals surface area contributed by atoms with Crippen molar-refractivity contribution >= 4 is 33.0 Å². The van der Waals surface area contributed by atoms with Gasteiger partial charge in [-0.1, -0.05) is 12.1 Å². The zero-order valence-electron chi connectivity index (χ0n) is 11.7. The van der Waals surface area contributed by atoms with Crippen molar-refractivity contribution in [2.45, 2.75) is 18.1 Å². The van der Waals surface area contributed by atoms with Crippen molar-refractivity contribution in [2.75, 3.05) is 11.9 Å². The molecule has 2 N–H and O–H groups in total. The van der Waals surface area contributed by atoms with Crippen molar-refractivity contribution < 1.29 is 13.2 Å². The molecule has 7 heteroatoms. The van der Waals surface area contributed by atoms with Gasteiger partial charge in [0.05, 0.1) is 6.54 Å². The number of amides is 1. The standard InChI is InChI=1S/C14H16N2O3S2/c1-10-6-11(2)8-12(7-10)16-13(17)9-15-21(18,19)14-4-3-5-20-14/h3-8,15H,9H2,1-2H3,(H,16,17). The lowest BCUT2D eigenvalue weighted by atomic mass is 10.1. The van der Waals surface area contributed by atoms with Crippen LogP contribution in [0.15, 0.2) is 39.9 Å². The Morgan fingerprint density at radius 3 is 2.43 bits per heavy atom. The highest BCUT2D eigenvalue weighted by atomic mass is 32.2. The minimum absolute atomic E-state index is 0.196. The maximum Gasteiger partial charge on any atom is 0.250 e. The molecule has 5 nitrogen and oxygen atoms in total. The van der Waals surface area contributed by atoms with Gasteiger partial charge < -0.3 is 5.32 Å². The average Bonchev–Trinajstić information content (AvgIpc) is 2.89. The second-order valence-electron chi connectivity index (χ2n) is 4.68. The Balaban J connectivity index is 1.96. The molecule has 1 aromatic heterocycles. The summed E-state index contributed by atoms with van der Waals surface area (Å²) in [6.45, 7) is 3.57. The molecule has 0 atom stereocenters. The van der Waals surface area contributed by atoms with Gasteiger partial charge in [0.15, 0.2) is 0 Å². The Labute approximate surface area is 128 Å². The summed E-state index contributed by atoms with van der Waals surface area (Å²) in [5, 5.41) is 4.35. The van der Waals surface area contributed by atoms with E-state index in [1.165, 1.54) is 6.07 Å². The van der Waals surface area contributed by atoms with E-state index in [9.17, 15) is 13.2 Å². The first-order valence-corrected chi connectivity index (χ1v) is 8.64. The van der Waals surface area contributed by atoms with Gasteiger partial charge in [0.25, 0.3) is 10.0 Å². The van der Waals surface area contributed by atoms with Crippen LogP contribution in [-0.4, -0.2) is 20.9 Å². The van der Waals surface area contributed by atoms with Gasteiger partial charge in [-0.15, -0.1) is 11.3 Å². The molecule has 1 amide bonds. The first-order chi connectivity index (χ1) is 9.87. The molecule has 0 spiro atoms. The number of rotatable bonds is 5. The Bertz CT molecular complexity index is 717. The SMILES string of the molecule is Cc1cc(C)cc(NC(=O)CNS(=O)(=O)c2cccs2)c1. The fourth-order valence-electron chi connectivity index (χ4n) is 1.90. The Kier molecular flexibility index (Phi) is 4.76. The second-order valence-corrected chi connectivity index (χ2v) is 7.62. The molecule has 0 saturated heterocycles. The first kappa shape index (κ1) is 15.7. The molecule has 21 heavy (non-hydrogen) atoms. The molecule has 0 radical (unpaired) electrons. The Morgan fingerprint density at radius 1 is 1.19 bits per heavy atom. The third-order valence-electron chi connectivity index (χ3n) is 2.69. The number of hydrogen-bond donors (Lipinski definition) is 2. The molecule has 0 unspecified atom stereocenters.